The van der Waals surface area contributed by atoms with Crippen molar-refractivity contribution in [2.75, 3.05) is 0 Å². The molecule has 0 aliphatic rings. The first-order valence-corrected chi connectivity index (χ1v) is 5.35. The molecule has 0 radical (unpaired) electrons. The molecule has 0 unspecified atom stereocenters. The number of halogens is 1. The minimum atomic E-state index is -0.0789. The highest BCUT2D eigenvalue weighted by atomic mass is 35.5. The van der Waals surface area contributed by atoms with Crippen molar-refractivity contribution in [3.63, 3.8) is 0 Å². The highest BCUT2D eigenvalue weighted by Crippen LogP contribution is 2.21. The van der Waals surface area contributed by atoms with E-state index in [1.54, 1.807) is 6.08 Å². The Morgan fingerprint density at radius 2 is 1.41 bits per heavy atom. The zero-order chi connectivity index (χ0) is 11.4. The lowest BCUT2D eigenvalue weighted by Gasteiger charge is -2.07. The number of hydrogen-bond donors (Lipinski definition) is 1. The lowest BCUT2D eigenvalue weighted by atomic mass is 10.0. The van der Waals surface area contributed by atoms with Crippen LogP contribution in [-0.4, -0.2) is 0 Å². The number of rotatable bonds is 3. The summed E-state index contributed by atoms with van der Waals surface area (Å²) >= 11 is 0. The Bertz CT molecular complexity index is 462. The van der Waals surface area contributed by atoms with Gasteiger partial charge in [0.25, 0.3) is 0 Å². The van der Waals surface area contributed by atoms with Crippen molar-refractivity contribution in [1.82, 2.24) is 0 Å². The predicted octanol–water partition coefficient (Wildman–Crippen LogP) is 3.96. The number of benzene rings is 2. The van der Waals surface area contributed by atoms with E-state index in [2.05, 4.69) is 43.0 Å². The molecule has 0 amide bonds. The van der Waals surface area contributed by atoms with Crippen LogP contribution in [0.1, 0.15) is 11.6 Å². The van der Waals surface area contributed by atoms with Gasteiger partial charge in [0.05, 0.1) is 0 Å². The van der Waals surface area contributed by atoms with E-state index in [-0.39, 0.29) is 18.4 Å². The molecule has 1 atom stereocenters. The van der Waals surface area contributed by atoms with Gasteiger partial charge in [-0.2, -0.15) is 0 Å². The van der Waals surface area contributed by atoms with Gasteiger partial charge < -0.3 is 5.73 Å². The highest BCUT2D eigenvalue weighted by Gasteiger charge is 2.01. The average molecular weight is 246 g/mol. The lowest BCUT2D eigenvalue weighted by Crippen LogP contribution is -2.05. The van der Waals surface area contributed by atoms with Gasteiger partial charge in [-0.1, -0.05) is 60.7 Å². The molecule has 0 fully saturated rings. The first kappa shape index (κ1) is 13.5. The summed E-state index contributed by atoms with van der Waals surface area (Å²) in [7, 11) is 0. The Kier molecular flexibility index (Phi) is 4.95. The van der Waals surface area contributed by atoms with E-state index in [1.165, 1.54) is 11.1 Å². The zero-order valence-corrected chi connectivity index (χ0v) is 10.4. The predicted molar refractivity (Wildman–Crippen MR) is 76.3 cm³/mol. The standard InChI is InChI=1S/C15H15N.ClH/c1-2-15(16)14-10-8-13(9-11-14)12-6-4-3-5-7-12;/h2-11,15H,1,16H2;1H/t15-;/m0./s1. The van der Waals surface area contributed by atoms with Gasteiger partial charge in [-0.3, -0.25) is 0 Å². The fourth-order valence-electron chi connectivity index (χ4n) is 1.66. The van der Waals surface area contributed by atoms with Gasteiger partial charge in [0, 0.05) is 6.04 Å². The van der Waals surface area contributed by atoms with Gasteiger partial charge in [-0.25, -0.2) is 0 Å². The minimum Gasteiger partial charge on any atom is -0.321 e. The molecule has 2 aromatic rings. The quantitative estimate of drug-likeness (QED) is 0.814. The van der Waals surface area contributed by atoms with Gasteiger partial charge in [0.2, 0.25) is 0 Å². The first-order valence-electron chi connectivity index (χ1n) is 5.35. The van der Waals surface area contributed by atoms with Crippen LogP contribution in [0.2, 0.25) is 0 Å². The molecule has 2 rings (SSSR count). The molecule has 0 saturated carbocycles. The van der Waals surface area contributed by atoms with Crippen molar-refractivity contribution in [2.24, 2.45) is 5.73 Å². The average Bonchev–Trinajstić information content (AvgIpc) is 2.39. The van der Waals surface area contributed by atoms with Crippen LogP contribution in [0.15, 0.2) is 67.3 Å². The van der Waals surface area contributed by atoms with Crippen LogP contribution >= 0.6 is 12.4 Å². The van der Waals surface area contributed by atoms with Gasteiger partial charge in [-0.15, -0.1) is 19.0 Å². The van der Waals surface area contributed by atoms with Crippen molar-refractivity contribution in [3.8, 4) is 11.1 Å². The topological polar surface area (TPSA) is 26.0 Å². The SMILES string of the molecule is C=C[C@H](N)c1ccc(-c2ccccc2)cc1.Cl. The smallest absolute Gasteiger partial charge is 0.0478 e. The molecule has 17 heavy (non-hydrogen) atoms. The van der Waals surface area contributed by atoms with Crippen LogP contribution in [0, 0.1) is 0 Å². The van der Waals surface area contributed by atoms with E-state index in [1.807, 2.05) is 18.2 Å². The third kappa shape index (κ3) is 3.19. The Morgan fingerprint density at radius 3 is 1.94 bits per heavy atom. The molecule has 88 valence electrons. The Morgan fingerprint density at radius 1 is 0.882 bits per heavy atom. The monoisotopic (exact) mass is 245 g/mol. The second kappa shape index (κ2) is 6.24. The summed E-state index contributed by atoms with van der Waals surface area (Å²) in [5.74, 6) is 0. The van der Waals surface area contributed by atoms with Crippen molar-refractivity contribution in [1.29, 1.82) is 0 Å². The van der Waals surface area contributed by atoms with E-state index in [4.69, 9.17) is 5.73 Å². The summed E-state index contributed by atoms with van der Waals surface area (Å²) in [4.78, 5) is 0. The minimum absolute atomic E-state index is 0. The second-order valence-corrected chi connectivity index (χ2v) is 3.75. The molecule has 0 spiro atoms. The molecule has 2 N–H and O–H groups in total. The van der Waals surface area contributed by atoms with Crippen molar-refractivity contribution in [2.45, 2.75) is 6.04 Å². The summed E-state index contributed by atoms with van der Waals surface area (Å²) in [6.45, 7) is 3.69. The molecular weight excluding hydrogens is 230 g/mol. The molecule has 1 nitrogen and oxygen atoms in total. The van der Waals surface area contributed by atoms with Crippen molar-refractivity contribution in [3.05, 3.63) is 72.8 Å². The van der Waals surface area contributed by atoms with E-state index in [0.717, 1.165) is 5.56 Å². The fourth-order valence-corrected chi connectivity index (χ4v) is 1.66. The fraction of sp³-hybridized carbons (Fsp3) is 0.0667. The maximum Gasteiger partial charge on any atom is 0.0478 e. The van der Waals surface area contributed by atoms with E-state index in [0.29, 0.717) is 0 Å². The maximum atomic E-state index is 5.86. The van der Waals surface area contributed by atoms with Crippen molar-refractivity contribution < 1.29 is 0 Å². The molecule has 0 aliphatic carbocycles. The van der Waals surface area contributed by atoms with Gasteiger partial charge >= 0.3 is 0 Å². The molecule has 2 heteroatoms. The Hall–Kier alpha value is -1.57. The van der Waals surface area contributed by atoms with E-state index < -0.39 is 0 Å². The normalized spacial score (nSPS) is 11.4. The van der Waals surface area contributed by atoms with Crippen LogP contribution in [0.25, 0.3) is 11.1 Å². The highest BCUT2D eigenvalue weighted by molar-refractivity contribution is 5.85. The largest absolute Gasteiger partial charge is 0.321 e. The molecule has 0 saturated heterocycles. The molecule has 0 aliphatic heterocycles. The Balaban J connectivity index is 0.00000144. The maximum absolute atomic E-state index is 5.86. The summed E-state index contributed by atoms with van der Waals surface area (Å²) in [6.07, 6.45) is 1.75. The van der Waals surface area contributed by atoms with Gasteiger partial charge in [0.1, 0.15) is 0 Å². The van der Waals surface area contributed by atoms with Crippen LogP contribution in [0.3, 0.4) is 0 Å². The Labute approximate surface area is 108 Å². The van der Waals surface area contributed by atoms with Crippen LogP contribution in [0.4, 0.5) is 0 Å². The summed E-state index contributed by atoms with van der Waals surface area (Å²) < 4.78 is 0. The van der Waals surface area contributed by atoms with Crippen molar-refractivity contribution >= 4 is 12.4 Å². The van der Waals surface area contributed by atoms with Crippen LogP contribution in [0.5, 0.6) is 0 Å². The van der Waals surface area contributed by atoms with Crippen LogP contribution < -0.4 is 5.73 Å². The van der Waals surface area contributed by atoms with Gasteiger partial charge in [-0.05, 0) is 16.7 Å². The zero-order valence-electron chi connectivity index (χ0n) is 9.54. The van der Waals surface area contributed by atoms with E-state index in [9.17, 15) is 0 Å². The molecule has 0 aromatic heterocycles. The summed E-state index contributed by atoms with van der Waals surface area (Å²) in [6, 6.07) is 18.5. The van der Waals surface area contributed by atoms with E-state index >= 15 is 0 Å². The summed E-state index contributed by atoms with van der Waals surface area (Å²) in [5, 5.41) is 0. The van der Waals surface area contributed by atoms with Gasteiger partial charge in [0.15, 0.2) is 0 Å². The third-order valence-corrected chi connectivity index (χ3v) is 2.66. The lowest BCUT2D eigenvalue weighted by molar-refractivity contribution is 0.915. The third-order valence-electron chi connectivity index (χ3n) is 2.66. The van der Waals surface area contributed by atoms with Crippen LogP contribution in [-0.2, 0) is 0 Å². The molecule has 0 heterocycles. The first-order chi connectivity index (χ1) is 7.81. The number of hydrogen-bond acceptors (Lipinski definition) is 1. The second-order valence-electron chi connectivity index (χ2n) is 3.75. The summed E-state index contributed by atoms with van der Waals surface area (Å²) in [5.41, 5.74) is 9.39. The molecular formula is C15H16ClN. The number of nitrogens with two attached hydrogens (primary N) is 1. The molecule has 0 bridgehead atoms. The molecule has 2 aromatic carbocycles.